The van der Waals surface area contributed by atoms with Gasteiger partial charge in [-0.3, -0.25) is 9.69 Å². The molecule has 0 amide bonds. The summed E-state index contributed by atoms with van der Waals surface area (Å²) >= 11 is 0. The van der Waals surface area contributed by atoms with Crippen LogP contribution in [0.25, 0.3) is 0 Å². The van der Waals surface area contributed by atoms with Crippen LogP contribution in [0.4, 0.5) is 4.39 Å². The van der Waals surface area contributed by atoms with Gasteiger partial charge in [-0.25, -0.2) is 12.8 Å². The van der Waals surface area contributed by atoms with Crippen LogP contribution in [0.5, 0.6) is 17.2 Å². The monoisotopic (exact) mass is 578 g/mol. The van der Waals surface area contributed by atoms with Crippen LogP contribution in [0.2, 0.25) is 0 Å². The topological polar surface area (TPSA) is 114 Å². The van der Waals surface area contributed by atoms with E-state index in [0.29, 0.717) is 29.9 Å². The van der Waals surface area contributed by atoms with Gasteiger partial charge >= 0.3 is 5.97 Å². The number of nitrogens with one attached hydrogen (secondary N) is 1. The van der Waals surface area contributed by atoms with Crippen molar-refractivity contribution in [1.82, 2.24) is 9.62 Å². The van der Waals surface area contributed by atoms with Crippen LogP contribution in [0, 0.1) is 11.7 Å². The number of hydrogen-bond acceptors (Lipinski definition) is 7. The van der Waals surface area contributed by atoms with E-state index in [9.17, 15) is 22.7 Å². The SMILES string of the molecule is CCCCC(CCC)S(=O)(=O)NC(C)N1C[C@H](c2ccc3c(c2)OCO3)[C@@H](C(=O)O)[C@@H]1c1ccc(OC)c(F)c1. The molecule has 0 saturated carbocycles. The van der Waals surface area contributed by atoms with Gasteiger partial charge in [0.2, 0.25) is 16.8 Å². The predicted octanol–water partition coefficient (Wildman–Crippen LogP) is 5.03. The van der Waals surface area contributed by atoms with Gasteiger partial charge < -0.3 is 19.3 Å². The van der Waals surface area contributed by atoms with Gasteiger partial charge in [0.25, 0.3) is 0 Å². The number of rotatable bonds is 13. The number of halogens is 1. The summed E-state index contributed by atoms with van der Waals surface area (Å²) in [4.78, 5) is 14.7. The molecule has 9 nitrogen and oxygen atoms in total. The molecule has 2 unspecified atom stereocenters. The summed E-state index contributed by atoms with van der Waals surface area (Å²) in [7, 11) is -2.36. The first-order valence-corrected chi connectivity index (χ1v) is 15.4. The van der Waals surface area contributed by atoms with Gasteiger partial charge in [-0.15, -0.1) is 0 Å². The maximum absolute atomic E-state index is 14.9. The number of likely N-dealkylation sites (tertiary alicyclic amines) is 1. The summed E-state index contributed by atoms with van der Waals surface area (Å²) in [6, 6.07) is 8.89. The number of benzene rings is 2. The van der Waals surface area contributed by atoms with E-state index in [1.165, 1.54) is 19.2 Å². The summed E-state index contributed by atoms with van der Waals surface area (Å²) in [5.74, 6) is -2.06. The molecule has 1 fully saturated rings. The van der Waals surface area contributed by atoms with Gasteiger partial charge in [0, 0.05) is 12.5 Å². The van der Waals surface area contributed by atoms with Crippen LogP contribution in [-0.4, -0.2) is 56.3 Å². The molecule has 2 aromatic rings. The van der Waals surface area contributed by atoms with E-state index in [1.54, 1.807) is 31.2 Å². The largest absolute Gasteiger partial charge is 0.494 e. The van der Waals surface area contributed by atoms with E-state index >= 15 is 0 Å². The first-order chi connectivity index (χ1) is 19.1. The zero-order valence-corrected chi connectivity index (χ0v) is 24.2. The minimum atomic E-state index is -3.72. The Kier molecular flexibility index (Phi) is 9.58. The zero-order valence-electron chi connectivity index (χ0n) is 23.4. The van der Waals surface area contributed by atoms with Crippen LogP contribution in [0.3, 0.4) is 0 Å². The van der Waals surface area contributed by atoms with Gasteiger partial charge in [0.05, 0.1) is 30.5 Å². The van der Waals surface area contributed by atoms with E-state index in [1.807, 2.05) is 18.7 Å². The smallest absolute Gasteiger partial charge is 0.309 e. The number of unbranched alkanes of at least 4 members (excludes halogenated alkanes) is 1. The van der Waals surface area contributed by atoms with Crippen molar-refractivity contribution in [3.63, 3.8) is 0 Å². The van der Waals surface area contributed by atoms with Crippen molar-refractivity contribution in [2.24, 2.45) is 5.92 Å². The molecule has 5 atom stereocenters. The third-order valence-electron chi connectivity index (χ3n) is 7.93. The van der Waals surface area contributed by atoms with Gasteiger partial charge in [-0.1, -0.05) is 45.2 Å². The summed E-state index contributed by atoms with van der Waals surface area (Å²) in [6.07, 6.45) is 2.75. The highest BCUT2D eigenvalue weighted by atomic mass is 32.2. The Morgan fingerprint density at radius 3 is 2.50 bits per heavy atom. The fourth-order valence-corrected chi connectivity index (χ4v) is 7.75. The maximum atomic E-state index is 14.9. The average Bonchev–Trinajstić information content (AvgIpc) is 3.55. The molecule has 0 aromatic heterocycles. The molecular weight excluding hydrogens is 539 g/mol. The van der Waals surface area contributed by atoms with Gasteiger partial charge in [0.1, 0.15) is 0 Å². The molecule has 2 aliphatic heterocycles. The quantitative estimate of drug-likeness (QED) is 0.340. The minimum absolute atomic E-state index is 0.0413. The number of nitrogens with zero attached hydrogens (tertiary/aromatic N) is 1. The first-order valence-electron chi connectivity index (χ1n) is 13.8. The second kappa shape index (κ2) is 12.7. The van der Waals surface area contributed by atoms with Gasteiger partial charge in [0.15, 0.2) is 23.1 Å². The number of fused-ring (bicyclic) bond motifs is 1. The number of methoxy groups -OCH3 is 1. The van der Waals surface area contributed by atoms with Crippen LogP contribution in [0.15, 0.2) is 36.4 Å². The number of hydrogen-bond donors (Lipinski definition) is 2. The Labute approximate surface area is 235 Å². The number of carboxylic acid groups (broad SMARTS) is 1. The molecule has 11 heteroatoms. The number of ether oxygens (including phenoxy) is 3. The summed E-state index contributed by atoms with van der Waals surface area (Å²) in [6.45, 7) is 6.01. The van der Waals surface area contributed by atoms with E-state index in [0.717, 1.165) is 24.8 Å². The molecule has 4 rings (SSSR count). The molecular formula is C29H39FN2O7S. The highest BCUT2D eigenvalue weighted by Crippen LogP contribution is 2.48. The van der Waals surface area contributed by atoms with Crippen molar-refractivity contribution in [3.05, 3.63) is 53.3 Å². The highest BCUT2D eigenvalue weighted by Gasteiger charge is 2.50. The third kappa shape index (κ3) is 6.21. The molecule has 0 spiro atoms. The molecule has 40 heavy (non-hydrogen) atoms. The Hall–Kier alpha value is -2.89. The summed E-state index contributed by atoms with van der Waals surface area (Å²) < 4.78 is 60.8. The Morgan fingerprint density at radius 2 is 1.85 bits per heavy atom. The Morgan fingerprint density at radius 1 is 1.12 bits per heavy atom. The zero-order chi connectivity index (χ0) is 29.0. The predicted molar refractivity (Wildman–Crippen MR) is 149 cm³/mol. The Balaban J connectivity index is 1.73. The lowest BCUT2D eigenvalue weighted by Crippen LogP contribution is -2.49. The van der Waals surface area contributed by atoms with Crippen molar-refractivity contribution in [2.45, 2.75) is 76.3 Å². The number of sulfonamides is 1. The first kappa shape index (κ1) is 30.1. The van der Waals surface area contributed by atoms with E-state index in [-0.39, 0.29) is 19.1 Å². The Bertz CT molecular complexity index is 1310. The lowest BCUT2D eigenvalue weighted by Gasteiger charge is -2.33. The number of carboxylic acids is 1. The van der Waals surface area contributed by atoms with Crippen molar-refractivity contribution >= 4 is 16.0 Å². The average molecular weight is 579 g/mol. The number of aliphatic carboxylic acids is 1. The molecule has 0 bridgehead atoms. The van der Waals surface area contributed by atoms with Crippen molar-refractivity contribution in [3.8, 4) is 17.2 Å². The third-order valence-corrected chi connectivity index (χ3v) is 9.95. The van der Waals surface area contributed by atoms with Crippen LogP contribution < -0.4 is 18.9 Å². The summed E-state index contributed by atoms with van der Waals surface area (Å²) in [5.41, 5.74) is 1.15. The summed E-state index contributed by atoms with van der Waals surface area (Å²) in [5, 5.41) is 9.95. The van der Waals surface area contributed by atoms with Gasteiger partial charge in [-0.05, 0) is 55.2 Å². The maximum Gasteiger partial charge on any atom is 0.309 e. The van der Waals surface area contributed by atoms with E-state index in [2.05, 4.69) is 4.72 Å². The fourth-order valence-electron chi connectivity index (χ4n) is 5.92. The molecule has 1 saturated heterocycles. The standard InChI is InChI=1S/C29H39FN2O7S/c1-5-7-9-21(8-6-2)40(35,36)31-18(3)32-16-22(19-10-13-25-26(15-19)39-17-38-25)27(29(33)34)28(32)20-11-12-24(37-4)23(30)14-20/h10-15,18,21-22,27-28,31H,5-9,16-17H2,1-4H3,(H,33,34)/t18?,21?,22-,27-,28+/m1/s1. The normalized spacial score (nSPS) is 22.3. The highest BCUT2D eigenvalue weighted by molar-refractivity contribution is 7.90. The van der Waals surface area contributed by atoms with Crippen molar-refractivity contribution in [2.75, 3.05) is 20.4 Å². The number of carbonyl (C=O) groups is 1. The van der Waals surface area contributed by atoms with E-state index < -0.39 is 51.1 Å². The molecule has 2 N–H and O–H groups in total. The van der Waals surface area contributed by atoms with Crippen molar-refractivity contribution < 1.29 is 36.9 Å². The van der Waals surface area contributed by atoms with Gasteiger partial charge in [-0.2, -0.15) is 4.72 Å². The van der Waals surface area contributed by atoms with Crippen LogP contribution >= 0.6 is 0 Å². The fraction of sp³-hybridized carbons (Fsp3) is 0.552. The van der Waals surface area contributed by atoms with E-state index in [4.69, 9.17) is 14.2 Å². The molecule has 220 valence electrons. The molecule has 0 aliphatic carbocycles. The lowest BCUT2D eigenvalue weighted by atomic mass is 9.82. The van der Waals surface area contributed by atoms with Crippen LogP contribution in [0.1, 0.15) is 76.0 Å². The lowest BCUT2D eigenvalue weighted by molar-refractivity contribution is -0.143. The molecule has 0 radical (unpaired) electrons. The second-order valence-electron chi connectivity index (χ2n) is 10.5. The van der Waals surface area contributed by atoms with Crippen LogP contribution in [-0.2, 0) is 14.8 Å². The van der Waals surface area contributed by atoms with Crippen molar-refractivity contribution in [1.29, 1.82) is 0 Å². The minimum Gasteiger partial charge on any atom is -0.494 e. The molecule has 2 aliphatic rings. The molecule has 2 aromatic carbocycles. The second-order valence-corrected chi connectivity index (χ2v) is 12.5. The molecule has 2 heterocycles.